The van der Waals surface area contributed by atoms with Gasteiger partial charge in [0.25, 0.3) is 0 Å². The van der Waals surface area contributed by atoms with Crippen molar-refractivity contribution < 1.29 is 70.7 Å². The Morgan fingerprint density at radius 1 is 0.592 bits per heavy atom. The van der Waals surface area contributed by atoms with Gasteiger partial charge in [0.1, 0.15) is 62.1 Å². The van der Waals surface area contributed by atoms with Gasteiger partial charge in [0.05, 0.1) is 26.4 Å². The fraction of sp³-hybridized carbons (Fsp3) is 0.443. The minimum atomic E-state index is -1.64. The summed E-state index contributed by atoms with van der Waals surface area (Å²) in [7, 11) is 2.19. The lowest BCUT2D eigenvalue weighted by Crippen LogP contribution is -2.44. The van der Waals surface area contributed by atoms with Crippen molar-refractivity contribution >= 4 is 35.8 Å². The Bertz CT molecular complexity index is 2640. The number of methoxy groups -OCH3 is 2. The van der Waals surface area contributed by atoms with E-state index in [0.717, 1.165) is 55.2 Å². The van der Waals surface area contributed by atoms with E-state index in [4.69, 9.17) is 23.7 Å². The summed E-state index contributed by atoms with van der Waals surface area (Å²) in [6.07, 6.45) is 9.55. The zero-order chi connectivity index (χ0) is 55.4. The molecule has 4 aromatic carbocycles. The molecule has 4 aromatic rings. The Hall–Kier alpha value is -7.16. The summed E-state index contributed by atoms with van der Waals surface area (Å²) in [5.74, 6) is -4.92. The minimum Gasteiger partial charge on any atom is -0.492 e. The van der Waals surface area contributed by atoms with Crippen molar-refractivity contribution in [2.75, 3.05) is 47.3 Å². The number of benzene rings is 4. The van der Waals surface area contributed by atoms with Gasteiger partial charge in [-0.05, 0) is 139 Å². The van der Waals surface area contributed by atoms with Crippen LogP contribution in [-0.2, 0) is 70.0 Å². The molecule has 0 saturated heterocycles. The van der Waals surface area contributed by atoms with Gasteiger partial charge < -0.3 is 33.2 Å². The molecule has 0 atom stereocenters. The fourth-order valence-electron chi connectivity index (χ4n) is 9.16. The second kappa shape index (κ2) is 29.2. The van der Waals surface area contributed by atoms with Gasteiger partial charge in [0.15, 0.2) is 0 Å². The third-order valence-electron chi connectivity index (χ3n) is 13.6. The highest BCUT2D eigenvalue weighted by Crippen LogP contribution is 2.40. The van der Waals surface area contributed by atoms with Crippen LogP contribution in [0.15, 0.2) is 97.1 Å². The first-order valence-electron chi connectivity index (χ1n) is 26.0. The molecule has 0 spiro atoms. The molecule has 0 N–H and O–H groups in total. The number of hydrogen-bond donors (Lipinski definition) is 0. The predicted molar refractivity (Wildman–Crippen MR) is 284 cm³/mol. The number of carbonyl (C=O) groups excluding carboxylic acids is 6. The van der Waals surface area contributed by atoms with Crippen LogP contribution in [0.5, 0.6) is 5.75 Å². The van der Waals surface area contributed by atoms with Gasteiger partial charge in [-0.15, -0.1) is 0 Å². The van der Waals surface area contributed by atoms with Crippen LogP contribution in [0.4, 0.5) is 8.78 Å². The maximum absolute atomic E-state index is 16.2. The third kappa shape index (κ3) is 17.5. The number of ether oxygens (including phenoxy) is 7. The summed E-state index contributed by atoms with van der Waals surface area (Å²) >= 11 is 0. The number of esters is 6. The van der Waals surface area contributed by atoms with Crippen molar-refractivity contribution in [2.45, 2.75) is 117 Å². The van der Waals surface area contributed by atoms with Crippen LogP contribution in [0.25, 0.3) is 33.4 Å². The first kappa shape index (κ1) is 59.7. The van der Waals surface area contributed by atoms with E-state index in [1.165, 1.54) is 70.1 Å². The molecule has 408 valence electrons. The van der Waals surface area contributed by atoms with E-state index in [1.807, 2.05) is 25.1 Å². The van der Waals surface area contributed by atoms with Crippen LogP contribution in [0.2, 0.25) is 0 Å². The molecule has 1 aliphatic rings. The van der Waals surface area contributed by atoms with E-state index in [1.54, 1.807) is 30.3 Å². The molecule has 0 unspecified atom stereocenters. The van der Waals surface area contributed by atoms with E-state index < -0.39 is 92.1 Å². The molecule has 76 heavy (non-hydrogen) atoms. The molecule has 13 nitrogen and oxygen atoms in total. The number of halogens is 2. The number of hydrogen-bond acceptors (Lipinski definition) is 13. The first-order chi connectivity index (χ1) is 36.4. The number of carbonyl (C=O) groups is 6. The molecule has 0 radical (unpaired) electrons. The Balaban J connectivity index is 1.44. The predicted octanol–water partition coefficient (Wildman–Crippen LogP) is 12.1. The van der Waals surface area contributed by atoms with Gasteiger partial charge in [-0.1, -0.05) is 101 Å². The summed E-state index contributed by atoms with van der Waals surface area (Å²) in [5.41, 5.74) is 4.20. The van der Waals surface area contributed by atoms with E-state index in [9.17, 15) is 28.8 Å². The highest BCUT2D eigenvalue weighted by molar-refractivity contribution is 5.92. The van der Waals surface area contributed by atoms with Gasteiger partial charge in [0, 0.05) is 11.1 Å². The van der Waals surface area contributed by atoms with Crippen molar-refractivity contribution in [1.82, 2.24) is 0 Å². The quantitative estimate of drug-likeness (QED) is 0.0173. The summed E-state index contributed by atoms with van der Waals surface area (Å²) in [6, 6.07) is 21.4. The Morgan fingerprint density at radius 2 is 1.14 bits per heavy atom. The van der Waals surface area contributed by atoms with Crippen molar-refractivity contribution in [3.8, 4) is 39.1 Å². The minimum absolute atomic E-state index is 0.0265. The van der Waals surface area contributed by atoms with Crippen molar-refractivity contribution in [2.24, 2.45) is 11.3 Å². The topological polar surface area (TPSA) is 167 Å². The summed E-state index contributed by atoms with van der Waals surface area (Å²) in [5, 5.41) is 0. The summed E-state index contributed by atoms with van der Waals surface area (Å²) in [4.78, 5) is 74.4. The van der Waals surface area contributed by atoms with Crippen LogP contribution < -0.4 is 4.74 Å². The lowest BCUT2D eigenvalue weighted by molar-refractivity contribution is -0.165. The highest BCUT2D eigenvalue weighted by Gasteiger charge is 2.38. The molecule has 0 bridgehead atoms. The molecule has 0 heterocycles. The van der Waals surface area contributed by atoms with Gasteiger partial charge >= 0.3 is 35.8 Å². The number of aryl methyl sites for hydroxylation is 2. The monoisotopic (exact) mass is 1050 g/mol. The van der Waals surface area contributed by atoms with Crippen LogP contribution >= 0.6 is 0 Å². The van der Waals surface area contributed by atoms with Gasteiger partial charge in [-0.3, -0.25) is 19.2 Å². The van der Waals surface area contributed by atoms with E-state index in [2.05, 4.69) is 41.7 Å². The van der Waals surface area contributed by atoms with Crippen molar-refractivity contribution in [1.29, 1.82) is 0 Å². The molecule has 0 aliphatic heterocycles. The van der Waals surface area contributed by atoms with E-state index in [-0.39, 0.29) is 29.7 Å². The average molecular weight is 1050 g/mol. The van der Waals surface area contributed by atoms with E-state index in [0.29, 0.717) is 41.2 Å². The largest absolute Gasteiger partial charge is 0.492 e. The normalized spacial score (nSPS) is 14.2. The Morgan fingerprint density at radius 3 is 1.71 bits per heavy atom. The van der Waals surface area contributed by atoms with Crippen LogP contribution in [0.1, 0.15) is 121 Å². The van der Waals surface area contributed by atoms with Crippen LogP contribution in [0, 0.1) is 23.0 Å². The lowest BCUT2D eigenvalue weighted by atomic mass is 9.77. The number of unbranched alkanes of at least 4 members (excludes halogenated alkanes) is 2. The SMILES string of the molecule is C=C(C)C(=O)OCCCc1cc(-c2ccc(-c3c(F)cc(-c4ccc(C5CCC(CCCCC)CC5)cc4)cc3F)cc2CC)ccc1OCC(COC(=O)CC(=O)OC)(COC(=O)CC(=O)OC)COC(=O)C(=C)C. The fourth-order valence-corrected chi connectivity index (χ4v) is 9.16. The van der Waals surface area contributed by atoms with Crippen LogP contribution in [0.3, 0.4) is 0 Å². The van der Waals surface area contributed by atoms with Crippen LogP contribution in [-0.4, -0.2) is 83.1 Å². The van der Waals surface area contributed by atoms with Crippen molar-refractivity contribution in [3.63, 3.8) is 0 Å². The molecule has 1 saturated carbocycles. The van der Waals surface area contributed by atoms with Crippen molar-refractivity contribution in [3.05, 3.63) is 125 Å². The molecule has 1 fully saturated rings. The van der Waals surface area contributed by atoms with Gasteiger partial charge in [0.2, 0.25) is 0 Å². The summed E-state index contributed by atoms with van der Waals surface area (Å²) < 4.78 is 69.8. The molecular weight excluding hydrogens is 979 g/mol. The molecule has 5 rings (SSSR count). The molecule has 0 amide bonds. The second-order valence-electron chi connectivity index (χ2n) is 19.7. The summed E-state index contributed by atoms with van der Waals surface area (Å²) in [6.45, 7) is 12.2. The Kier molecular flexibility index (Phi) is 23.0. The van der Waals surface area contributed by atoms with Gasteiger partial charge in [-0.2, -0.15) is 0 Å². The average Bonchev–Trinajstić information content (AvgIpc) is 3.41. The lowest BCUT2D eigenvalue weighted by Gasteiger charge is -2.32. The van der Waals surface area contributed by atoms with Gasteiger partial charge in [-0.25, -0.2) is 18.4 Å². The third-order valence-corrected chi connectivity index (χ3v) is 13.6. The second-order valence-corrected chi connectivity index (χ2v) is 19.7. The maximum atomic E-state index is 16.2. The molecule has 1 aliphatic carbocycles. The molecular formula is C61H72F2O13. The Labute approximate surface area is 445 Å². The first-order valence-corrected chi connectivity index (χ1v) is 26.0. The zero-order valence-corrected chi connectivity index (χ0v) is 44.8. The molecule has 15 heteroatoms. The number of rotatable bonds is 28. The van der Waals surface area contributed by atoms with E-state index >= 15 is 8.78 Å². The highest BCUT2D eigenvalue weighted by atomic mass is 19.1. The maximum Gasteiger partial charge on any atom is 0.333 e. The zero-order valence-electron chi connectivity index (χ0n) is 44.8. The smallest absolute Gasteiger partial charge is 0.333 e. The standard InChI is InChI=1S/C61H72F2O13/c1-9-11-12-14-41-16-18-43(19-17-41)44-20-22-45(23-21-44)49-31-51(62)58(52(63)32-49)48-24-26-50(42(10-2)29-48)46-25-27-53(47(30-46)15-13-28-72-59(68)39(3)4)73-35-61(38-76-60(69)40(5)6,36-74-56(66)33-54(64)70-7)37-75-57(67)34-55(65)71-8/h20-27,29-32,41,43H,3,5,9-19,28,33-38H2,1-2,4,6-8H3. The molecule has 0 aromatic heterocycles.